The molecular weight excluding hydrogens is 264 g/mol. The van der Waals surface area contributed by atoms with Crippen molar-refractivity contribution in [1.82, 2.24) is 19.7 Å². The van der Waals surface area contributed by atoms with Crippen LogP contribution in [-0.2, 0) is 13.6 Å². The number of rotatable bonds is 5. The molecule has 118 valence electrons. The Kier molecular flexibility index (Phi) is 5.17. The standard InChI is InChI=1S/C16H28N4O/c1-13(2)6-8-16(12-21)7-5-9-20(11-16)10-15-17-14(3)18-19(15)4/h6,21H,5,7-12H2,1-4H3/t16-/m1/s1. The van der Waals surface area contributed by atoms with E-state index in [-0.39, 0.29) is 12.0 Å². The molecular formula is C16H28N4O. The Bertz CT molecular complexity index is 504. The van der Waals surface area contributed by atoms with Crippen molar-refractivity contribution in [2.45, 2.75) is 46.6 Å². The third kappa shape index (κ3) is 4.14. The summed E-state index contributed by atoms with van der Waals surface area (Å²) in [4.78, 5) is 6.89. The molecule has 0 radical (unpaired) electrons. The van der Waals surface area contributed by atoms with Crippen molar-refractivity contribution in [3.05, 3.63) is 23.3 Å². The molecule has 1 atom stereocenters. The summed E-state index contributed by atoms with van der Waals surface area (Å²) in [6.07, 6.45) is 5.45. The lowest BCUT2D eigenvalue weighted by atomic mass is 9.77. The van der Waals surface area contributed by atoms with Crippen LogP contribution in [0, 0.1) is 12.3 Å². The topological polar surface area (TPSA) is 54.2 Å². The first-order chi connectivity index (χ1) is 9.94. The summed E-state index contributed by atoms with van der Waals surface area (Å²) in [7, 11) is 1.95. The Balaban J connectivity index is 2.05. The van der Waals surface area contributed by atoms with E-state index in [4.69, 9.17) is 0 Å². The van der Waals surface area contributed by atoms with Crippen LogP contribution in [0.5, 0.6) is 0 Å². The van der Waals surface area contributed by atoms with Gasteiger partial charge in [-0.1, -0.05) is 11.6 Å². The van der Waals surface area contributed by atoms with E-state index in [1.54, 1.807) is 0 Å². The maximum Gasteiger partial charge on any atom is 0.147 e. The van der Waals surface area contributed by atoms with Gasteiger partial charge in [-0.25, -0.2) is 4.98 Å². The number of piperidine rings is 1. The van der Waals surface area contributed by atoms with Gasteiger partial charge in [-0.15, -0.1) is 0 Å². The van der Waals surface area contributed by atoms with Gasteiger partial charge in [0, 0.05) is 19.0 Å². The highest BCUT2D eigenvalue weighted by molar-refractivity contribution is 5.00. The van der Waals surface area contributed by atoms with E-state index in [0.29, 0.717) is 0 Å². The fraction of sp³-hybridized carbons (Fsp3) is 0.750. The van der Waals surface area contributed by atoms with Gasteiger partial charge in [0.15, 0.2) is 0 Å². The molecule has 0 saturated carbocycles. The predicted octanol–water partition coefficient (Wildman–Crippen LogP) is 2.05. The molecule has 1 aliphatic heterocycles. The van der Waals surface area contributed by atoms with E-state index in [1.165, 1.54) is 5.57 Å². The van der Waals surface area contributed by atoms with E-state index in [9.17, 15) is 5.11 Å². The first-order valence-electron chi connectivity index (χ1n) is 7.77. The van der Waals surface area contributed by atoms with Crippen LogP contribution in [0.3, 0.4) is 0 Å². The quantitative estimate of drug-likeness (QED) is 0.844. The maximum atomic E-state index is 9.91. The molecule has 0 unspecified atom stereocenters. The second-order valence-electron chi connectivity index (χ2n) is 6.66. The largest absolute Gasteiger partial charge is 0.396 e. The van der Waals surface area contributed by atoms with Crippen molar-refractivity contribution >= 4 is 0 Å². The lowest BCUT2D eigenvalue weighted by Gasteiger charge is -2.41. The van der Waals surface area contributed by atoms with Gasteiger partial charge in [-0.05, 0) is 46.6 Å². The molecule has 1 aromatic heterocycles. The van der Waals surface area contributed by atoms with Crippen LogP contribution in [0.2, 0.25) is 0 Å². The van der Waals surface area contributed by atoms with Crippen molar-refractivity contribution < 1.29 is 5.11 Å². The summed E-state index contributed by atoms with van der Waals surface area (Å²) in [5.41, 5.74) is 1.33. The number of aromatic nitrogens is 3. The summed E-state index contributed by atoms with van der Waals surface area (Å²) in [5.74, 6) is 1.82. The molecule has 0 aliphatic carbocycles. The molecule has 21 heavy (non-hydrogen) atoms. The lowest BCUT2D eigenvalue weighted by Crippen LogP contribution is -2.45. The number of hydrogen-bond donors (Lipinski definition) is 1. The van der Waals surface area contributed by atoms with Crippen molar-refractivity contribution in [1.29, 1.82) is 0 Å². The highest BCUT2D eigenvalue weighted by Gasteiger charge is 2.34. The van der Waals surface area contributed by atoms with Gasteiger partial charge in [0.05, 0.1) is 13.2 Å². The molecule has 0 bridgehead atoms. The normalized spacial score (nSPS) is 23.3. The average molecular weight is 292 g/mol. The smallest absolute Gasteiger partial charge is 0.147 e. The first-order valence-corrected chi connectivity index (χ1v) is 7.77. The third-order valence-electron chi connectivity index (χ3n) is 4.34. The first kappa shape index (κ1) is 16.2. The number of allylic oxidation sites excluding steroid dienone is 2. The van der Waals surface area contributed by atoms with E-state index in [1.807, 2.05) is 18.7 Å². The van der Waals surface area contributed by atoms with Crippen LogP contribution in [0.15, 0.2) is 11.6 Å². The number of likely N-dealkylation sites (tertiary alicyclic amines) is 1. The minimum atomic E-state index is 0.00313. The number of nitrogens with zero attached hydrogens (tertiary/aromatic N) is 4. The van der Waals surface area contributed by atoms with Crippen molar-refractivity contribution in [3.63, 3.8) is 0 Å². The molecule has 1 saturated heterocycles. The molecule has 1 N–H and O–H groups in total. The molecule has 1 aliphatic rings. The fourth-order valence-corrected chi connectivity index (χ4v) is 3.12. The van der Waals surface area contributed by atoms with Crippen molar-refractivity contribution in [2.75, 3.05) is 19.7 Å². The molecule has 0 amide bonds. The van der Waals surface area contributed by atoms with E-state index < -0.39 is 0 Å². The third-order valence-corrected chi connectivity index (χ3v) is 4.34. The Morgan fingerprint density at radius 3 is 2.76 bits per heavy atom. The predicted molar refractivity (Wildman–Crippen MR) is 83.8 cm³/mol. The molecule has 2 rings (SSSR count). The van der Waals surface area contributed by atoms with Crippen LogP contribution in [0.4, 0.5) is 0 Å². The molecule has 1 aromatic rings. The van der Waals surface area contributed by atoms with Gasteiger partial charge < -0.3 is 5.11 Å². The SMILES string of the molecule is CC(C)=CC[C@]1(CO)CCCN(Cc2nc(C)nn2C)C1. The molecule has 2 heterocycles. The summed E-state index contributed by atoms with van der Waals surface area (Å²) < 4.78 is 1.86. The summed E-state index contributed by atoms with van der Waals surface area (Å²) in [6, 6.07) is 0. The van der Waals surface area contributed by atoms with Crippen molar-refractivity contribution in [3.8, 4) is 0 Å². The maximum absolute atomic E-state index is 9.91. The fourth-order valence-electron chi connectivity index (χ4n) is 3.12. The van der Waals surface area contributed by atoms with Gasteiger partial charge in [-0.3, -0.25) is 9.58 Å². The van der Waals surface area contributed by atoms with Crippen LogP contribution >= 0.6 is 0 Å². The lowest BCUT2D eigenvalue weighted by molar-refractivity contribution is 0.0292. The molecule has 5 nitrogen and oxygen atoms in total. The van der Waals surface area contributed by atoms with Crippen molar-refractivity contribution in [2.24, 2.45) is 12.5 Å². The van der Waals surface area contributed by atoms with Gasteiger partial charge in [0.25, 0.3) is 0 Å². The minimum absolute atomic E-state index is 0.00313. The van der Waals surface area contributed by atoms with E-state index in [2.05, 4.69) is 34.9 Å². The summed E-state index contributed by atoms with van der Waals surface area (Å²) in [5, 5.41) is 14.2. The van der Waals surface area contributed by atoms with E-state index in [0.717, 1.165) is 50.5 Å². The molecule has 0 aromatic carbocycles. The highest BCUT2D eigenvalue weighted by atomic mass is 16.3. The molecule has 1 fully saturated rings. The van der Waals surface area contributed by atoms with Gasteiger partial charge in [0.1, 0.15) is 11.6 Å². The second-order valence-corrected chi connectivity index (χ2v) is 6.66. The van der Waals surface area contributed by atoms with E-state index >= 15 is 0 Å². The van der Waals surface area contributed by atoms with Gasteiger partial charge >= 0.3 is 0 Å². The summed E-state index contributed by atoms with van der Waals surface area (Å²) in [6.45, 7) is 9.23. The Labute approximate surface area is 127 Å². The zero-order chi connectivity index (χ0) is 15.5. The minimum Gasteiger partial charge on any atom is -0.396 e. The number of aliphatic hydroxyl groups is 1. The van der Waals surface area contributed by atoms with Gasteiger partial charge in [-0.2, -0.15) is 5.10 Å². The van der Waals surface area contributed by atoms with Gasteiger partial charge in [0.2, 0.25) is 0 Å². The van der Waals surface area contributed by atoms with Crippen LogP contribution in [-0.4, -0.2) is 44.5 Å². The zero-order valence-corrected chi connectivity index (χ0v) is 13.8. The van der Waals surface area contributed by atoms with Crippen LogP contribution in [0.1, 0.15) is 44.8 Å². The molecule has 0 spiro atoms. The Hall–Kier alpha value is -1.20. The second kappa shape index (κ2) is 6.71. The van der Waals surface area contributed by atoms with Crippen LogP contribution in [0.25, 0.3) is 0 Å². The zero-order valence-electron chi connectivity index (χ0n) is 13.8. The monoisotopic (exact) mass is 292 g/mol. The van der Waals surface area contributed by atoms with Crippen LogP contribution < -0.4 is 0 Å². The molecule has 5 heteroatoms. The Morgan fingerprint density at radius 1 is 1.43 bits per heavy atom. The number of aliphatic hydroxyl groups excluding tert-OH is 1. The number of aryl methyl sites for hydroxylation is 2. The highest BCUT2D eigenvalue weighted by Crippen LogP contribution is 2.34. The summed E-state index contributed by atoms with van der Waals surface area (Å²) >= 11 is 0. The average Bonchev–Trinajstić information content (AvgIpc) is 2.75. The Morgan fingerprint density at radius 2 is 2.19 bits per heavy atom. The number of hydrogen-bond acceptors (Lipinski definition) is 4.